The first-order valence-electron chi connectivity index (χ1n) is 12.2. The fourth-order valence-electron chi connectivity index (χ4n) is 4.72. The van der Waals surface area contributed by atoms with Crippen LogP contribution in [0.25, 0.3) is 17.0 Å². The first-order valence-corrected chi connectivity index (χ1v) is 13.4. The second-order valence-electron chi connectivity index (χ2n) is 9.19. The van der Waals surface area contributed by atoms with Crippen LogP contribution < -0.4 is 10.1 Å². The van der Waals surface area contributed by atoms with Crippen LogP contribution in [0.2, 0.25) is 15.2 Å². The van der Waals surface area contributed by atoms with E-state index >= 15 is 0 Å². The number of amides is 1. The molecule has 0 radical (unpaired) electrons. The summed E-state index contributed by atoms with van der Waals surface area (Å²) in [6.07, 6.45) is 1.26. The molecular weight excluding hydrogens is 588 g/mol. The van der Waals surface area contributed by atoms with Crippen molar-refractivity contribution < 1.29 is 22.7 Å². The lowest BCUT2D eigenvalue weighted by Gasteiger charge is -2.27. The first kappa shape index (κ1) is 28.3. The number of halogens is 6. The maximum atomic E-state index is 13.4. The van der Waals surface area contributed by atoms with Crippen molar-refractivity contribution in [2.24, 2.45) is 0 Å². The third kappa shape index (κ3) is 6.55. The highest BCUT2D eigenvalue weighted by Gasteiger charge is 2.31. The summed E-state index contributed by atoms with van der Waals surface area (Å²) in [5.74, 6) is -0.267. The first-order chi connectivity index (χ1) is 19.1. The van der Waals surface area contributed by atoms with Crippen LogP contribution in [0.1, 0.15) is 22.4 Å². The smallest absolute Gasteiger partial charge is 0.406 e. The minimum absolute atomic E-state index is 0.267. The molecule has 0 unspecified atom stereocenters. The largest absolute Gasteiger partial charge is 0.573 e. The van der Waals surface area contributed by atoms with Gasteiger partial charge in [-0.15, -0.1) is 13.2 Å². The van der Waals surface area contributed by atoms with Crippen LogP contribution in [0.15, 0.2) is 60.8 Å². The number of hydrogen-bond donors (Lipinski definition) is 1. The van der Waals surface area contributed by atoms with Gasteiger partial charge in [-0.1, -0.05) is 59.1 Å². The van der Waals surface area contributed by atoms with Gasteiger partial charge in [-0.05, 0) is 53.1 Å². The normalized spacial score (nSPS) is 14.1. The highest BCUT2D eigenvalue weighted by Crippen LogP contribution is 2.36. The van der Waals surface area contributed by atoms with Gasteiger partial charge < -0.3 is 10.1 Å². The summed E-state index contributed by atoms with van der Waals surface area (Å²) < 4.78 is 42.7. The number of carbonyl (C=O) groups excluding carboxylic acids is 1. The predicted molar refractivity (Wildman–Crippen MR) is 150 cm³/mol. The zero-order chi connectivity index (χ0) is 28.4. The maximum absolute atomic E-state index is 13.4. The molecule has 6 nitrogen and oxygen atoms in total. The summed E-state index contributed by atoms with van der Waals surface area (Å²) in [6.45, 7) is 2.15. The van der Waals surface area contributed by atoms with Crippen LogP contribution in [-0.2, 0) is 19.5 Å². The standard InChI is InChI=1S/C28H22Cl3F3N4O2/c29-22-13-20-21-16-37(10-1-2-17-3-5-19(6-4-17)40-28(32,33)34)11-8-24(21)38(25(20)14-23(22)30)27(39)36-15-18-7-9-35-26(31)12-18/h1-7,9,12-14H,8,10-11,15-16H2,(H,36,39)/b2-1+. The van der Waals surface area contributed by atoms with E-state index in [0.29, 0.717) is 46.8 Å². The van der Waals surface area contributed by atoms with Gasteiger partial charge in [0.05, 0.1) is 15.6 Å². The average Bonchev–Trinajstić information content (AvgIpc) is 3.20. The van der Waals surface area contributed by atoms with E-state index in [9.17, 15) is 18.0 Å². The number of ether oxygens (including phenoxy) is 1. The molecule has 0 bridgehead atoms. The van der Waals surface area contributed by atoms with Gasteiger partial charge in [-0.3, -0.25) is 9.47 Å². The van der Waals surface area contributed by atoms with Crippen LogP contribution in [0.5, 0.6) is 5.75 Å². The molecule has 5 rings (SSSR count). The number of nitrogens with one attached hydrogen (secondary N) is 1. The predicted octanol–water partition coefficient (Wildman–Crippen LogP) is 7.72. The lowest BCUT2D eigenvalue weighted by molar-refractivity contribution is -0.274. The monoisotopic (exact) mass is 608 g/mol. The number of hydrogen-bond acceptors (Lipinski definition) is 4. The van der Waals surface area contributed by atoms with E-state index < -0.39 is 6.36 Å². The maximum Gasteiger partial charge on any atom is 0.573 e. The Morgan fingerprint density at radius 1 is 1.07 bits per heavy atom. The van der Waals surface area contributed by atoms with Crippen molar-refractivity contribution in [3.63, 3.8) is 0 Å². The van der Waals surface area contributed by atoms with Gasteiger partial charge in [-0.25, -0.2) is 9.78 Å². The molecule has 1 amide bonds. The molecule has 1 aliphatic heterocycles. The van der Waals surface area contributed by atoms with Crippen molar-refractivity contribution >= 4 is 57.8 Å². The molecule has 0 saturated carbocycles. The molecule has 0 spiro atoms. The summed E-state index contributed by atoms with van der Waals surface area (Å²) in [4.78, 5) is 19.6. The summed E-state index contributed by atoms with van der Waals surface area (Å²) in [5, 5.41) is 4.90. The zero-order valence-corrected chi connectivity index (χ0v) is 23.1. The Morgan fingerprint density at radius 3 is 2.55 bits per heavy atom. The molecule has 0 atom stereocenters. The average molecular weight is 610 g/mol. The summed E-state index contributed by atoms with van der Waals surface area (Å²) >= 11 is 18.7. The number of rotatable bonds is 6. The van der Waals surface area contributed by atoms with Crippen LogP contribution in [0.3, 0.4) is 0 Å². The second kappa shape index (κ2) is 11.7. The summed E-state index contributed by atoms with van der Waals surface area (Å²) in [5.41, 5.74) is 4.11. The molecule has 0 fully saturated rings. The molecule has 4 aromatic rings. The molecule has 3 heterocycles. The van der Waals surface area contributed by atoms with Crippen molar-refractivity contribution in [3.8, 4) is 5.75 Å². The van der Waals surface area contributed by atoms with Crippen LogP contribution in [0.4, 0.5) is 18.0 Å². The highest BCUT2D eigenvalue weighted by atomic mass is 35.5. The second-order valence-corrected chi connectivity index (χ2v) is 10.4. The molecule has 1 N–H and O–H groups in total. The van der Waals surface area contributed by atoms with E-state index in [-0.39, 0.29) is 18.3 Å². The van der Waals surface area contributed by atoms with E-state index in [1.807, 2.05) is 12.2 Å². The molecule has 2 aromatic heterocycles. The molecule has 12 heteroatoms. The van der Waals surface area contributed by atoms with E-state index in [2.05, 4.69) is 19.9 Å². The van der Waals surface area contributed by atoms with Gasteiger partial charge in [0.15, 0.2) is 0 Å². The number of carbonyl (C=O) groups is 1. The lowest BCUT2D eigenvalue weighted by Crippen LogP contribution is -2.34. The van der Waals surface area contributed by atoms with Gasteiger partial charge >= 0.3 is 12.4 Å². The van der Waals surface area contributed by atoms with Gasteiger partial charge in [0.1, 0.15) is 10.9 Å². The Morgan fingerprint density at radius 2 is 1.82 bits per heavy atom. The fourth-order valence-corrected chi connectivity index (χ4v) is 5.24. The Hall–Kier alpha value is -3.24. The van der Waals surface area contributed by atoms with Crippen LogP contribution in [-0.4, -0.2) is 39.9 Å². The van der Waals surface area contributed by atoms with Crippen molar-refractivity contribution in [1.29, 1.82) is 0 Å². The van der Waals surface area contributed by atoms with Gasteiger partial charge in [0.25, 0.3) is 0 Å². The van der Waals surface area contributed by atoms with Crippen LogP contribution >= 0.6 is 34.8 Å². The van der Waals surface area contributed by atoms with E-state index in [1.165, 1.54) is 12.1 Å². The molecule has 2 aromatic carbocycles. The molecule has 40 heavy (non-hydrogen) atoms. The van der Waals surface area contributed by atoms with Crippen LogP contribution in [0, 0.1) is 0 Å². The molecule has 1 aliphatic rings. The summed E-state index contributed by atoms with van der Waals surface area (Å²) in [7, 11) is 0. The topological polar surface area (TPSA) is 59.4 Å². The number of benzene rings is 2. The highest BCUT2D eigenvalue weighted by molar-refractivity contribution is 6.42. The van der Waals surface area contributed by atoms with Crippen molar-refractivity contribution in [2.45, 2.75) is 25.9 Å². The van der Waals surface area contributed by atoms with E-state index in [4.69, 9.17) is 34.8 Å². The zero-order valence-electron chi connectivity index (χ0n) is 20.8. The number of fused-ring (bicyclic) bond motifs is 3. The number of aromatic nitrogens is 2. The lowest BCUT2D eigenvalue weighted by atomic mass is 10.0. The SMILES string of the molecule is O=C(NCc1ccnc(Cl)c1)n1c2c(c3cc(Cl)c(Cl)cc31)CN(C/C=C/c1ccc(OC(F)(F)F)cc1)CC2. The minimum Gasteiger partial charge on any atom is -0.406 e. The van der Waals surface area contributed by atoms with Gasteiger partial charge in [0.2, 0.25) is 0 Å². The Bertz CT molecular complexity index is 1590. The number of alkyl halides is 3. The summed E-state index contributed by atoms with van der Waals surface area (Å²) in [6, 6.07) is 12.3. The number of nitrogens with zero attached hydrogens (tertiary/aromatic N) is 3. The molecule has 0 aliphatic carbocycles. The van der Waals surface area contributed by atoms with Crippen molar-refractivity contribution in [2.75, 3.05) is 13.1 Å². The molecule has 208 valence electrons. The van der Waals surface area contributed by atoms with Crippen molar-refractivity contribution in [1.82, 2.24) is 19.8 Å². The number of pyridine rings is 1. The quantitative estimate of drug-likeness (QED) is 0.227. The Kier molecular flexibility index (Phi) is 8.28. The minimum atomic E-state index is -4.72. The molecular formula is C28H22Cl3F3N4O2. The van der Waals surface area contributed by atoms with E-state index in [0.717, 1.165) is 27.8 Å². The third-order valence-corrected chi connectivity index (χ3v) is 7.42. The van der Waals surface area contributed by atoms with Gasteiger partial charge in [-0.2, -0.15) is 0 Å². The Labute approximate surface area is 242 Å². The fraction of sp³-hybridized carbons (Fsp3) is 0.214. The third-order valence-electron chi connectivity index (χ3n) is 6.49. The van der Waals surface area contributed by atoms with Gasteiger partial charge in [0, 0.05) is 49.9 Å². The van der Waals surface area contributed by atoms with Crippen molar-refractivity contribution in [3.05, 3.63) is 98.4 Å². The van der Waals surface area contributed by atoms with E-state index in [1.54, 1.807) is 47.2 Å². The Balaban J connectivity index is 1.33. The molecule has 0 saturated heterocycles.